The van der Waals surface area contributed by atoms with E-state index in [1.807, 2.05) is 13.8 Å². The van der Waals surface area contributed by atoms with Gasteiger partial charge in [-0.3, -0.25) is 4.79 Å². The van der Waals surface area contributed by atoms with Crippen LogP contribution in [0.3, 0.4) is 0 Å². The van der Waals surface area contributed by atoms with E-state index in [0.717, 1.165) is 5.39 Å². The van der Waals surface area contributed by atoms with Crippen LogP contribution in [0.15, 0.2) is 22.6 Å². The molecule has 90 valence electrons. The molecule has 0 aliphatic carbocycles. The minimum atomic E-state index is -0.168. The van der Waals surface area contributed by atoms with Gasteiger partial charge >= 0.3 is 0 Å². The van der Waals surface area contributed by atoms with Crippen molar-refractivity contribution in [1.82, 2.24) is 5.32 Å². The second-order valence-corrected chi connectivity index (χ2v) is 4.26. The summed E-state index contributed by atoms with van der Waals surface area (Å²) in [7, 11) is 1.59. The number of rotatable bonds is 2. The standard InChI is InChI=1S/C13H15NO3/c1-7(2)12-11(13(16)14-3)9-5-4-8(15)6-10(9)17-12/h4-7,15H,1-3H3,(H,14,16). The third kappa shape index (κ3) is 1.86. The Kier molecular flexibility index (Phi) is 2.79. The van der Waals surface area contributed by atoms with Crippen LogP contribution >= 0.6 is 0 Å². The number of phenols is 1. The van der Waals surface area contributed by atoms with Gasteiger partial charge in [0.1, 0.15) is 17.1 Å². The van der Waals surface area contributed by atoms with E-state index in [4.69, 9.17) is 4.42 Å². The van der Waals surface area contributed by atoms with Crippen molar-refractivity contribution in [3.05, 3.63) is 29.5 Å². The molecular weight excluding hydrogens is 218 g/mol. The van der Waals surface area contributed by atoms with Crippen LogP contribution in [0, 0.1) is 0 Å². The molecule has 1 aromatic heterocycles. The van der Waals surface area contributed by atoms with Gasteiger partial charge in [-0.05, 0) is 12.1 Å². The molecule has 0 aliphatic rings. The Morgan fingerprint density at radius 3 is 2.71 bits per heavy atom. The van der Waals surface area contributed by atoms with Gasteiger partial charge in [0.2, 0.25) is 0 Å². The van der Waals surface area contributed by atoms with E-state index >= 15 is 0 Å². The van der Waals surface area contributed by atoms with Crippen LogP contribution in [0.5, 0.6) is 5.75 Å². The number of nitrogens with one attached hydrogen (secondary N) is 1. The van der Waals surface area contributed by atoms with E-state index in [9.17, 15) is 9.90 Å². The molecule has 2 N–H and O–H groups in total. The average Bonchev–Trinajstić information content (AvgIpc) is 2.66. The van der Waals surface area contributed by atoms with Crippen LogP contribution in [0.2, 0.25) is 0 Å². The highest BCUT2D eigenvalue weighted by atomic mass is 16.3. The monoisotopic (exact) mass is 233 g/mol. The molecule has 0 atom stereocenters. The second-order valence-electron chi connectivity index (χ2n) is 4.26. The summed E-state index contributed by atoms with van der Waals surface area (Å²) in [6, 6.07) is 4.77. The highest BCUT2D eigenvalue weighted by Crippen LogP contribution is 2.32. The van der Waals surface area contributed by atoms with Gasteiger partial charge in [-0.15, -0.1) is 0 Å². The van der Waals surface area contributed by atoms with Crippen molar-refractivity contribution < 1.29 is 14.3 Å². The third-order valence-electron chi connectivity index (χ3n) is 2.68. The van der Waals surface area contributed by atoms with Crippen LogP contribution < -0.4 is 5.32 Å². The van der Waals surface area contributed by atoms with Crippen LogP contribution in [-0.4, -0.2) is 18.1 Å². The minimum absolute atomic E-state index is 0.108. The lowest BCUT2D eigenvalue weighted by molar-refractivity contribution is 0.0962. The van der Waals surface area contributed by atoms with Gasteiger partial charge in [0, 0.05) is 24.4 Å². The minimum Gasteiger partial charge on any atom is -0.508 e. The van der Waals surface area contributed by atoms with Gasteiger partial charge < -0.3 is 14.8 Å². The number of hydrogen-bond acceptors (Lipinski definition) is 3. The highest BCUT2D eigenvalue weighted by molar-refractivity contribution is 6.07. The largest absolute Gasteiger partial charge is 0.508 e. The molecular formula is C13H15NO3. The molecule has 4 nitrogen and oxygen atoms in total. The SMILES string of the molecule is CNC(=O)c1c(C(C)C)oc2cc(O)ccc12. The van der Waals surface area contributed by atoms with E-state index in [-0.39, 0.29) is 17.6 Å². The number of fused-ring (bicyclic) bond motifs is 1. The molecule has 0 saturated heterocycles. The maximum Gasteiger partial charge on any atom is 0.255 e. The van der Waals surface area contributed by atoms with E-state index in [1.165, 1.54) is 6.07 Å². The zero-order valence-corrected chi connectivity index (χ0v) is 10.1. The Balaban J connectivity index is 2.76. The second kappa shape index (κ2) is 4.13. The lowest BCUT2D eigenvalue weighted by Gasteiger charge is -2.04. The predicted octanol–water partition coefficient (Wildman–Crippen LogP) is 2.62. The molecule has 0 radical (unpaired) electrons. The van der Waals surface area contributed by atoms with E-state index in [0.29, 0.717) is 16.9 Å². The summed E-state index contributed by atoms with van der Waals surface area (Å²) in [5.41, 5.74) is 1.09. The van der Waals surface area contributed by atoms with Crippen molar-refractivity contribution in [2.45, 2.75) is 19.8 Å². The van der Waals surface area contributed by atoms with E-state index in [1.54, 1.807) is 19.2 Å². The lowest BCUT2D eigenvalue weighted by Crippen LogP contribution is -2.19. The fraction of sp³-hybridized carbons (Fsp3) is 0.308. The summed E-state index contributed by atoms with van der Waals surface area (Å²) < 4.78 is 5.64. The number of furan rings is 1. The van der Waals surface area contributed by atoms with Gasteiger partial charge in [-0.2, -0.15) is 0 Å². The molecule has 0 bridgehead atoms. The zero-order valence-electron chi connectivity index (χ0n) is 10.1. The molecule has 2 rings (SSSR count). The number of amides is 1. The number of aromatic hydroxyl groups is 1. The summed E-state index contributed by atoms with van der Waals surface area (Å²) in [4.78, 5) is 11.9. The first kappa shape index (κ1) is 11.5. The first-order valence-electron chi connectivity index (χ1n) is 5.52. The molecule has 17 heavy (non-hydrogen) atoms. The van der Waals surface area contributed by atoms with Crippen molar-refractivity contribution in [1.29, 1.82) is 0 Å². The molecule has 1 amide bonds. The van der Waals surface area contributed by atoms with Gasteiger partial charge in [0.25, 0.3) is 5.91 Å². The van der Waals surface area contributed by atoms with E-state index in [2.05, 4.69) is 5.32 Å². The van der Waals surface area contributed by atoms with Crippen molar-refractivity contribution in [3.8, 4) is 5.75 Å². The molecule has 0 saturated carbocycles. The molecule has 4 heteroatoms. The summed E-state index contributed by atoms with van der Waals surface area (Å²) in [5.74, 6) is 0.713. The number of benzene rings is 1. The van der Waals surface area contributed by atoms with Gasteiger partial charge in [-0.25, -0.2) is 0 Å². The topological polar surface area (TPSA) is 62.5 Å². The molecule has 1 heterocycles. The predicted molar refractivity (Wildman–Crippen MR) is 65.4 cm³/mol. The highest BCUT2D eigenvalue weighted by Gasteiger charge is 2.21. The van der Waals surface area contributed by atoms with Crippen molar-refractivity contribution in [3.63, 3.8) is 0 Å². The third-order valence-corrected chi connectivity index (χ3v) is 2.68. The lowest BCUT2D eigenvalue weighted by atomic mass is 10.0. The number of phenolic OH excluding ortho intramolecular Hbond substituents is 1. The maximum atomic E-state index is 11.9. The van der Waals surface area contributed by atoms with Crippen LogP contribution in [0.25, 0.3) is 11.0 Å². The van der Waals surface area contributed by atoms with Crippen LogP contribution in [0.4, 0.5) is 0 Å². The summed E-state index contributed by atoms with van der Waals surface area (Å²) in [6.07, 6.45) is 0. The summed E-state index contributed by atoms with van der Waals surface area (Å²) in [6.45, 7) is 3.92. The van der Waals surface area contributed by atoms with Gasteiger partial charge in [0.15, 0.2) is 0 Å². The Labute approximate surface area is 99.2 Å². The van der Waals surface area contributed by atoms with Crippen molar-refractivity contribution >= 4 is 16.9 Å². The van der Waals surface area contributed by atoms with Crippen molar-refractivity contribution in [2.75, 3.05) is 7.05 Å². The molecule has 0 spiro atoms. The fourth-order valence-corrected chi connectivity index (χ4v) is 1.87. The smallest absolute Gasteiger partial charge is 0.255 e. The molecule has 0 fully saturated rings. The fourth-order valence-electron chi connectivity index (χ4n) is 1.87. The quantitative estimate of drug-likeness (QED) is 0.838. The molecule has 0 aliphatic heterocycles. The Hall–Kier alpha value is -1.97. The van der Waals surface area contributed by atoms with Crippen molar-refractivity contribution in [2.24, 2.45) is 0 Å². The summed E-state index contributed by atoms with van der Waals surface area (Å²) >= 11 is 0. The normalized spacial score (nSPS) is 11.1. The van der Waals surface area contributed by atoms with Gasteiger partial charge in [0.05, 0.1) is 5.56 Å². The molecule has 0 unspecified atom stereocenters. The molecule has 1 aromatic carbocycles. The summed E-state index contributed by atoms with van der Waals surface area (Å²) in [5, 5.41) is 12.7. The van der Waals surface area contributed by atoms with Crippen LogP contribution in [0.1, 0.15) is 35.9 Å². The zero-order chi connectivity index (χ0) is 12.6. The Morgan fingerprint density at radius 2 is 2.12 bits per heavy atom. The van der Waals surface area contributed by atoms with Gasteiger partial charge in [-0.1, -0.05) is 13.8 Å². The molecule has 2 aromatic rings. The first-order chi connectivity index (χ1) is 8.04. The van der Waals surface area contributed by atoms with E-state index < -0.39 is 0 Å². The Bertz CT molecular complexity index is 569. The van der Waals surface area contributed by atoms with Crippen LogP contribution in [-0.2, 0) is 0 Å². The number of carbonyl (C=O) groups is 1. The first-order valence-corrected chi connectivity index (χ1v) is 5.52. The Morgan fingerprint density at radius 1 is 1.41 bits per heavy atom. The number of hydrogen-bond donors (Lipinski definition) is 2. The number of carbonyl (C=O) groups excluding carboxylic acids is 1. The maximum absolute atomic E-state index is 11.9. The average molecular weight is 233 g/mol.